The molecule has 10 heteroatoms. The highest BCUT2D eigenvalue weighted by atomic mass is 32.2. The van der Waals surface area contributed by atoms with Gasteiger partial charge in [-0.05, 0) is 65.7 Å². The molecule has 4 aromatic rings. The zero-order valence-corrected chi connectivity index (χ0v) is 23.3. The Balaban J connectivity index is 1.23. The summed E-state index contributed by atoms with van der Waals surface area (Å²) >= 11 is 0. The predicted molar refractivity (Wildman–Crippen MR) is 151 cm³/mol. The summed E-state index contributed by atoms with van der Waals surface area (Å²) < 4.78 is 41.0. The number of aryl methyl sites for hydroxylation is 2. The maximum Gasteiger partial charge on any atom is 0.335 e. The van der Waals surface area contributed by atoms with Crippen molar-refractivity contribution in [2.75, 3.05) is 17.5 Å². The molecular weight excluding hydrogens is 530 g/mol. The van der Waals surface area contributed by atoms with Crippen LogP contribution in [0, 0.1) is 6.92 Å². The highest BCUT2D eigenvalue weighted by molar-refractivity contribution is 7.90. The van der Waals surface area contributed by atoms with Crippen molar-refractivity contribution in [1.29, 1.82) is 0 Å². The molecule has 9 nitrogen and oxygen atoms in total. The first-order valence-electron chi connectivity index (χ1n) is 13.1. The number of anilines is 1. The highest BCUT2D eigenvalue weighted by Gasteiger charge is 2.35. The number of benzene rings is 3. The average Bonchev–Trinajstić information content (AvgIpc) is 3.33. The number of carbonyl (C=O) groups is 1. The summed E-state index contributed by atoms with van der Waals surface area (Å²) in [6, 6.07) is 24.1. The largest absolute Gasteiger partial charge is 0.493 e. The van der Waals surface area contributed by atoms with Crippen molar-refractivity contribution in [1.82, 2.24) is 9.45 Å². The van der Waals surface area contributed by atoms with Crippen LogP contribution < -0.4 is 9.04 Å². The first-order valence-corrected chi connectivity index (χ1v) is 14.5. The maximum absolute atomic E-state index is 13.6. The standard InChI is InChI=1S/C30H31N3O6S/c1-22-28(31-30(38-22)26-10-4-3-5-11-26)18-20-37-27-16-14-24(15-17-27)21-33(39-23(2)34)40(35,36)32-19-8-12-25-9-6-7-13-29(25)32/h3-7,9-11,13-17H,8,12,18-21H2,1-2H3. The number of carbonyl (C=O) groups excluding carboxylic acids is 1. The Morgan fingerprint density at radius 3 is 2.50 bits per heavy atom. The van der Waals surface area contributed by atoms with E-state index in [0.717, 1.165) is 33.5 Å². The Bertz CT molecular complexity index is 1570. The molecular formula is C30H31N3O6S. The van der Waals surface area contributed by atoms with Gasteiger partial charge in [0.15, 0.2) is 0 Å². The van der Waals surface area contributed by atoms with Crippen LogP contribution in [0.1, 0.15) is 35.9 Å². The van der Waals surface area contributed by atoms with E-state index in [4.69, 9.17) is 14.0 Å². The number of oxazole rings is 1. The molecule has 0 spiro atoms. The summed E-state index contributed by atoms with van der Waals surface area (Å²) in [5, 5.41) is 0. The van der Waals surface area contributed by atoms with Crippen molar-refractivity contribution in [2.45, 2.75) is 39.7 Å². The summed E-state index contributed by atoms with van der Waals surface area (Å²) in [6.45, 7) is 3.63. The molecule has 1 aliphatic heterocycles. The van der Waals surface area contributed by atoms with Gasteiger partial charge < -0.3 is 14.0 Å². The Kier molecular flexibility index (Phi) is 8.18. The lowest BCUT2D eigenvalue weighted by atomic mass is 10.0. The van der Waals surface area contributed by atoms with E-state index in [1.807, 2.05) is 49.4 Å². The number of aromatic nitrogens is 1. The smallest absolute Gasteiger partial charge is 0.335 e. The molecule has 0 unspecified atom stereocenters. The van der Waals surface area contributed by atoms with Crippen molar-refractivity contribution in [2.24, 2.45) is 0 Å². The minimum absolute atomic E-state index is 0.138. The second-order valence-corrected chi connectivity index (χ2v) is 11.2. The van der Waals surface area contributed by atoms with Crippen LogP contribution in [0.15, 0.2) is 83.3 Å². The Hall–Kier alpha value is -4.15. The van der Waals surface area contributed by atoms with Gasteiger partial charge in [0, 0.05) is 25.5 Å². The molecule has 0 saturated carbocycles. The predicted octanol–water partition coefficient (Wildman–Crippen LogP) is 5.25. The van der Waals surface area contributed by atoms with Gasteiger partial charge in [0.1, 0.15) is 11.5 Å². The molecule has 1 aliphatic rings. The second-order valence-electron chi connectivity index (χ2n) is 9.49. The average molecular weight is 562 g/mol. The molecule has 0 amide bonds. The van der Waals surface area contributed by atoms with E-state index in [1.54, 1.807) is 36.4 Å². The fourth-order valence-corrected chi connectivity index (χ4v) is 6.14. The van der Waals surface area contributed by atoms with Gasteiger partial charge in [0.05, 0.1) is 24.5 Å². The van der Waals surface area contributed by atoms with E-state index >= 15 is 0 Å². The quantitative estimate of drug-likeness (QED) is 0.244. The van der Waals surface area contributed by atoms with Gasteiger partial charge >= 0.3 is 16.2 Å². The van der Waals surface area contributed by atoms with E-state index in [0.29, 0.717) is 48.9 Å². The van der Waals surface area contributed by atoms with Crippen LogP contribution in [0.3, 0.4) is 0 Å². The number of rotatable bonds is 10. The summed E-state index contributed by atoms with van der Waals surface area (Å²) in [4.78, 5) is 21.6. The zero-order valence-electron chi connectivity index (χ0n) is 22.4. The molecule has 0 aliphatic carbocycles. The number of nitrogens with zero attached hydrogens (tertiary/aromatic N) is 3. The third kappa shape index (κ3) is 6.19. The number of hydrogen-bond donors (Lipinski definition) is 0. The van der Waals surface area contributed by atoms with Gasteiger partial charge in [-0.15, -0.1) is 0 Å². The van der Waals surface area contributed by atoms with E-state index in [1.165, 1.54) is 11.2 Å². The van der Waals surface area contributed by atoms with Crippen LogP contribution in [-0.2, 0) is 39.2 Å². The lowest BCUT2D eigenvalue weighted by molar-refractivity contribution is -0.168. The minimum Gasteiger partial charge on any atom is -0.493 e. The highest BCUT2D eigenvalue weighted by Crippen LogP contribution is 2.31. The van der Waals surface area contributed by atoms with Gasteiger partial charge in [-0.25, -0.2) is 4.98 Å². The van der Waals surface area contributed by atoms with Crippen LogP contribution in [0.4, 0.5) is 5.69 Å². The monoisotopic (exact) mass is 561 g/mol. The Labute approximate surface area is 234 Å². The van der Waals surface area contributed by atoms with Crippen molar-refractivity contribution in [3.63, 3.8) is 0 Å². The van der Waals surface area contributed by atoms with Crippen LogP contribution in [-0.4, -0.2) is 37.0 Å². The zero-order chi connectivity index (χ0) is 28.1. The maximum atomic E-state index is 13.6. The van der Waals surface area contributed by atoms with Gasteiger partial charge in [-0.3, -0.25) is 9.10 Å². The molecule has 0 atom stereocenters. The van der Waals surface area contributed by atoms with Crippen LogP contribution >= 0.6 is 0 Å². The van der Waals surface area contributed by atoms with Gasteiger partial charge in [0.25, 0.3) is 0 Å². The molecule has 1 aromatic heterocycles. The van der Waals surface area contributed by atoms with E-state index in [9.17, 15) is 13.2 Å². The van der Waals surface area contributed by atoms with Crippen molar-refractivity contribution in [3.05, 3.63) is 101 Å². The molecule has 40 heavy (non-hydrogen) atoms. The third-order valence-electron chi connectivity index (χ3n) is 6.59. The van der Waals surface area contributed by atoms with Gasteiger partial charge in [0.2, 0.25) is 5.89 Å². The summed E-state index contributed by atoms with van der Waals surface area (Å²) in [6.07, 6.45) is 2.04. The fraction of sp³-hybridized carbons (Fsp3) is 0.267. The molecule has 208 valence electrons. The number of fused-ring (bicyclic) bond motifs is 1. The SMILES string of the molecule is CC(=O)ON(Cc1ccc(OCCc2nc(-c3ccccc3)oc2C)cc1)S(=O)(=O)N1CCCc2ccccc21. The Morgan fingerprint density at radius 1 is 1.02 bits per heavy atom. The first-order chi connectivity index (χ1) is 19.3. The molecule has 0 saturated heterocycles. The van der Waals surface area contributed by atoms with E-state index < -0.39 is 16.2 Å². The van der Waals surface area contributed by atoms with Crippen LogP contribution in [0.2, 0.25) is 0 Å². The summed E-state index contributed by atoms with van der Waals surface area (Å²) in [5.74, 6) is 1.24. The Morgan fingerprint density at radius 2 is 1.75 bits per heavy atom. The number of hydrogen-bond acceptors (Lipinski definition) is 7. The van der Waals surface area contributed by atoms with Crippen molar-refractivity contribution < 1.29 is 27.2 Å². The number of para-hydroxylation sites is 1. The molecule has 0 bridgehead atoms. The molecule has 0 N–H and O–H groups in total. The van der Waals surface area contributed by atoms with Crippen molar-refractivity contribution >= 4 is 21.9 Å². The molecule has 0 fully saturated rings. The molecule has 3 aromatic carbocycles. The second kappa shape index (κ2) is 11.9. The molecule has 0 radical (unpaired) electrons. The number of hydroxylamine groups is 1. The molecule has 5 rings (SSSR count). The normalized spacial score (nSPS) is 13.2. The first kappa shape index (κ1) is 27.4. The summed E-state index contributed by atoms with van der Waals surface area (Å²) in [7, 11) is -4.13. The minimum atomic E-state index is -4.13. The third-order valence-corrected chi connectivity index (χ3v) is 8.24. The van der Waals surface area contributed by atoms with E-state index in [-0.39, 0.29) is 6.54 Å². The summed E-state index contributed by atoms with van der Waals surface area (Å²) in [5.41, 5.74) is 3.94. The van der Waals surface area contributed by atoms with E-state index in [2.05, 4.69) is 4.98 Å². The van der Waals surface area contributed by atoms with Gasteiger partial charge in [-0.2, -0.15) is 8.42 Å². The lowest BCUT2D eigenvalue weighted by Crippen LogP contribution is -2.46. The topological polar surface area (TPSA) is 102 Å². The molecule has 2 heterocycles. The fourth-order valence-electron chi connectivity index (χ4n) is 4.62. The van der Waals surface area contributed by atoms with Crippen molar-refractivity contribution in [3.8, 4) is 17.2 Å². The van der Waals surface area contributed by atoms with Crippen LogP contribution in [0.5, 0.6) is 5.75 Å². The lowest BCUT2D eigenvalue weighted by Gasteiger charge is -2.33. The van der Waals surface area contributed by atoms with Crippen LogP contribution in [0.25, 0.3) is 11.5 Å². The van der Waals surface area contributed by atoms with Gasteiger partial charge in [-0.1, -0.05) is 48.5 Å². The number of ether oxygens (including phenoxy) is 1.